The summed E-state index contributed by atoms with van der Waals surface area (Å²) in [5, 5.41) is 8.86. The summed E-state index contributed by atoms with van der Waals surface area (Å²) in [7, 11) is 0. The topological polar surface area (TPSA) is 49.7 Å². The Labute approximate surface area is 119 Å². The van der Waals surface area contributed by atoms with Crippen LogP contribution in [0.15, 0.2) is 35.3 Å². The lowest BCUT2D eigenvalue weighted by Gasteiger charge is -2.28. The van der Waals surface area contributed by atoms with Crippen molar-refractivity contribution < 1.29 is 23.1 Å². The van der Waals surface area contributed by atoms with Gasteiger partial charge in [0, 0.05) is 12.0 Å². The monoisotopic (exact) mass is 297 g/mol. The van der Waals surface area contributed by atoms with Crippen LogP contribution in [0.1, 0.15) is 31.4 Å². The largest absolute Gasteiger partial charge is 0.477 e. The summed E-state index contributed by atoms with van der Waals surface area (Å²) < 4.78 is 39.2. The number of benzene rings is 1. The number of carboxylic acid groups (broad SMARTS) is 1. The Balaban J connectivity index is 2.39. The van der Waals surface area contributed by atoms with Crippen molar-refractivity contribution in [2.45, 2.75) is 31.9 Å². The first-order valence-electron chi connectivity index (χ1n) is 6.31. The van der Waals surface area contributed by atoms with Gasteiger partial charge in [-0.25, -0.2) is 9.79 Å². The van der Waals surface area contributed by atoms with E-state index in [0.29, 0.717) is 11.3 Å². The smallest absolute Gasteiger partial charge is 0.397 e. The van der Waals surface area contributed by atoms with E-state index >= 15 is 0 Å². The minimum Gasteiger partial charge on any atom is -0.477 e. The molecule has 0 saturated heterocycles. The Bertz CT molecular complexity index is 643. The maximum Gasteiger partial charge on any atom is 0.397 e. The van der Waals surface area contributed by atoms with E-state index in [0.717, 1.165) is 13.8 Å². The van der Waals surface area contributed by atoms with Crippen LogP contribution in [-0.2, 0) is 10.2 Å². The maximum atomic E-state index is 13.1. The molecular weight excluding hydrogens is 283 g/mol. The van der Waals surface area contributed by atoms with Crippen LogP contribution >= 0.6 is 0 Å². The van der Waals surface area contributed by atoms with Gasteiger partial charge in [0.15, 0.2) is 0 Å². The molecule has 0 fully saturated rings. The van der Waals surface area contributed by atoms with E-state index in [1.807, 2.05) is 0 Å². The number of halogens is 3. The molecule has 0 atom stereocenters. The summed E-state index contributed by atoms with van der Waals surface area (Å²) in [5.41, 5.74) is -0.993. The Hall–Kier alpha value is -2.11. The fourth-order valence-corrected chi connectivity index (χ4v) is 1.98. The van der Waals surface area contributed by atoms with Gasteiger partial charge in [0.25, 0.3) is 0 Å². The molecule has 0 bridgehead atoms. The number of hydrogen-bond donors (Lipinski definition) is 1. The Morgan fingerprint density at radius 3 is 2.48 bits per heavy atom. The second-order valence-corrected chi connectivity index (χ2v) is 5.36. The molecule has 2 rings (SSSR count). The molecule has 0 amide bonds. The number of allylic oxidation sites excluding steroid dienone is 1. The Morgan fingerprint density at radius 2 is 1.95 bits per heavy atom. The van der Waals surface area contributed by atoms with E-state index in [1.165, 1.54) is 18.2 Å². The molecule has 1 aliphatic rings. The number of aliphatic carboxylic acids is 1. The van der Waals surface area contributed by atoms with Gasteiger partial charge in [0.05, 0.1) is 11.1 Å². The van der Waals surface area contributed by atoms with E-state index in [2.05, 4.69) is 4.99 Å². The number of rotatable bonds is 3. The van der Waals surface area contributed by atoms with E-state index in [4.69, 9.17) is 5.11 Å². The zero-order chi connectivity index (χ0) is 15.8. The summed E-state index contributed by atoms with van der Waals surface area (Å²) in [6.07, 6.45) is -2.59. The van der Waals surface area contributed by atoms with Gasteiger partial charge in [-0.15, -0.1) is 0 Å². The molecule has 1 aromatic carbocycles. The minimum atomic E-state index is -4.37. The van der Waals surface area contributed by atoms with E-state index < -0.39 is 17.6 Å². The third kappa shape index (κ3) is 2.84. The van der Waals surface area contributed by atoms with Crippen molar-refractivity contribution in [1.29, 1.82) is 0 Å². The minimum absolute atomic E-state index is 0.00881. The molecule has 6 heteroatoms. The zero-order valence-corrected chi connectivity index (χ0v) is 11.5. The molecule has 0 spiro atoms. The van der Waals surface area contributed by atoms with Crippen molar-refractivity contribution in [3.8, 4) is 0 Å². The van der Waals surface area contributed by atoms with Gasteiger partial charge in [-0.2, -0.15) is 13.2 Å². The fraction of sp³-hybridized carbons (Fsp3) is 0.333. The highest BCUT2D eigenvalue weighted by atomic mass is 19.4. The summed E-state index contributed by atoms with van der Waals surface area (Å²) in [6, 6.07) is 5.96. The van der Waals surface area contributed by atoms with Gasteiger partial charge < -0.3 is 5.11 Å². The second kappa shape index (κ2) is 5.02. The van der Waals surface area contributed by atoms with Crippen LogP contribution in [0.4, 0.5) is 13.2 Å². The summed E-state index contributed by atoms with van der Waals surface area (Å²) in [6.45, 7) is 2.22. The van der Waals surface area contributed by atoms with Crippen molar-refractivity contribution in [1.82, 2.24) is 0 Å². The number of nitrogens with zero attached hydrogens (tertiary/aromatic N) is 1. The summed E-state index contributed by atoms with van der Waals surface area (Å²) in [4.78, 5) is 14.8. The van der Waals surface area contributed by atoms with Gasteiger partial charge in [-0.05, 0) is 25.5 Å². The van der Waals surface area contributed by atoms with Crippen LogP contribution in [-0.4, -0.2) is 23.0 Å². The first-order chi connectivity index (χ1) is 9.63. The fourth-order valence-electron chi connectivity index (χ4n) is 1.98. The van der Waals surface area contributed by atoms with Crippen molar-refractivity contribution in [3.05, 3.63) is 41.5 Å². The van der Waals surface area contributed by atoms with E-state index in [9.17, 15) is 18.0 Å². The average Bonchev–Trinajstić information content (AvgIpc) is 2.87. The summed E-state index contributed by atoms with van der Waals surface area (Å²) in [5.74, 6) is -1.12. The lowest BCUT2D eigenvalue weighted by molar-refractivity contribution is -0.180. The molecule has 3 nitrogen and oxygen atoms in total. The predicted molar refractivity (Wildman–Crippen MR) is 73.2 cm³/mol. The first-order valence-corrected chi connectivity index (χ1v) is 6.31. The highest BCUT2D eigenvalue weighted by Crippen LogP contribution is 2.41. The quantitative estimate of drug-likeness (QED) is 0.922. The number of hydrogen-bond acceptors (Lipinski definition) is 2. The standard InChI is InChI=1S/C15H14F3NO2/c1-14(2,15(16,17)18)10-5-3-4-9(8-10)11-6-7-12(19-11)13(20)21/h3-6,8H,7H2,1-2H3,(H,20,21). The molecule has 0 aliphatic carbocycles. The maximum absolute atomic E-state index is 13.1. The molecular formula is C15H14F3NO2. The van der Waals surface area contributed by atoms with E-state index in [-0.39, 0.29) is 17.7 Å². The molecule has 1 heterocycles. The highest BCUT2D eigenvalue weighted by Gasteiger charge is 2.48. The van der Waals surface area contributed by atoms with Crippen LogP contribution < -0.4 is 0 Å². The van der Waals surface area contributed by atoms with Crippen LogP contribution in [0.25, 0.3) is 5.70 Å². The van der Waals surface area contributed by atoms with Gasteiger partial charge in [0.1, 0.15) is 5.71 Å². The van der Waals surface area contributed by atoms with Crippen LogP contribution in [0.2, 0.25) is 0 Å². The highest BCUT2D eigenvalue weighted by molar-refractivity contribution is 6.38. The normalized spacial score (nSPS) is 15.7. The molecule has 0 aromatic heterocycles. The van der Waals surface area contributed by atoms with Gasteiger partial charge in [0.2, 0.25) is 0 Å². The SMILES string of the molecule is CC(C)(c1cccc(C2=CCC(C(=O)O)=N2)c1)C(F)(F)F. The molecule has 1 N–H and O–H groups in total. The van der Waals surface area contributed by atoms with E-state index in [1.54, 1.807) is 12.1 Å². The Morgan fingerprint density at radius 1 is 1.29 bits per heavy atom. The van der Waals surface area contributed by atoms with Crippen LogP contribution in [0.3, 0.4) is 0 Å². The molecule has 0 unspecified atom stereocenters. The molecule has 112 valence electrons. The molecule has 0 saturated carbocycles. The predicted octanol–water partition coefficient (Wildman–Crippen LogP) is 3.80. The molecule has 1 aliphatic heterocycles. The van der Waals surface area contributed by atoms with Crippen LogP contribution in [0, 0.1) is 0 Å². The Kier molecular flexibility index (Phi) is 3.65. The van der Waals surface area contributed by atoms with Crippen molar-refractivity contribution in [2.75, 3.05) is 0 Å². The lowest BCUT2D eigenvalue weighted by atomic mass is 9.83. The van der Waals surface area contributed by atoms with Crippen molar-refractivity contribution in [3.63, 3.8) is 0 Å². The molecule has 1 aromatic rings. The number of alkyl halides is 3. The first kappa shape index (κ1) is 15.3. The van der Waals surface area contributed by atoms with Gasteiger partial charge >= 0.3 is 12.1 Å². The van der Waals surface area contributed by atoms with Crippen molar-refractivity contribution >= 4 is 17.4 Å². The third-order valence-corrected chi connectivity index (χ3v) is 3.58. The van der Waals surface area contributed by atoms with Crippen molar-refractivity contribution in [2.24, 2.45) is 4.99 Å². The van der Waals surface area contributed by atoms with Crippen LogP contribution in [0.5, 0.6) is 0 Å². The zero-order valence-electron chi connectivity index (χ0n) is 11.5. The average molecular weight is 297 g/mol. The van der Waals surface area contributed by atoms with Gasteiger partial charge in [-0.3, -0.25) is 0 Å². The number of carbonyl (C=O) groups is 1. The lowest BCUT2D eigenvalue weighted by Crippen LogP contribution is -2.36. The number of aliphatic imine (C=N–C) groups is 1. The number of carboxylic acids is 1. The third-order valence-electron chi connectivity index (χ3n) is 3.58. The molecule has 0 radical (unpaired) electrons. The van der Waals surface area contributed by atoms with Gasteiger partial charge in [-0.1, -0.05) is 24.3 Å². The molecule has 21 heavy (non-hydrogen) atoms. The summed E-state index contributed by atoms with van der Waals surface area (Å²) >= 11 is 0. The second-order valence-electron chi connectivity index (χ2n) is 5.36.